The predicted octanol–water partition coefficient (Wildman–Crippen LogP) is 2.81. The second-order valence-corrected chi connectivity index (χ2v) is 4.42. The van der Waals surface area contributed by atoms with Crippen LogP contribution in [0.25, 0.3) is 10.8 Å². The first-order valence-corrected chi connectivity index (χ1v) is 6.06. The topological polar surface area (TPSA) is 54.7 Å². The summed E-state index contributed by atoms with van der Waals surface area (Å²) in [6.45, 7) is 0. The van der Waals surface area contributed by atoms with Crippen LogP contribution in [-0.4, -0.2) is 9.97 Å². The third-order valence-electron chi connectivity index (χ3n) is 3.19. The zero-order valence-corrected chi connectivity index (χ0v) is 10.0. The molecular weight excluding hydrogens is 222 g/mol. The Balaban J connectivity index is 1.95. The molecule has 0 saturated heterocycles. The van der Waals surface area contributed by atoms with E-state index in [1.54, 1.807) is 12.4 Å². The minimum Gasteiger partial charge on any atom is -0.347 e. The molecule has 3 heteroatoms. The Kier molecular flexibility index (Phi) is 2.82. The molecule has 0 fully saturated rings. The molecule has 0 radical (unpaired) electrons. The van der Waals surface area contributed by atoms with E-state index in [1.165, 1.54) is 16.3 Å². The smallest absolute Gasteiger partial charge is 0.123 e. The molecule has 0 aliphatic rings. The van der Waals surface area contributed by atoms with Gasteiger partial charge < -0.3 is 10.7 Å². The number of H-pyrrole nitrogens is 1. The van der Waals surface area contributed by atoms with Crippen molar-refractivity contribution in [2.24, 2.45) is 5.73 Å². The average Bonchev–Trinajstić information content (AvgIpc) is 2.93. The summed E-state index contributed by atoms with van der Waals surface area (Å²) in [5.41, 5.74) is 7.43. The minimum absolute atomic E-state index is 0.0918. The van der Waals surface area contributed by atoms with Crippen molar-refractivity contribution in [1.82, 2.24) is 9.97 Å². The van der Waals surface area contributed by atoms with E-state index in [9.17, 15) is 0 Å². The first-order valence-electron chi connectivity index (χ1n) is 6.06. The van der Waals surface area contributed by atoms with Crippen LogP contribution in [0.2, 0.25) is 0 Å². The van der Waals surface area contributed by atoms with E-state index in [0.29, 0.717) is 0 Å². The van der Waals surface area contributed by atoms with Gasteiger partial charge in [-0.3, -0.25) is 0 Å². The van der Waals surface area contributed by atoms with Crippen molar-refractivity contribution in [1.29, 1.82) is 0 Å². The van der Waals surface area contributed by atoms with Gasteiger partial charge in [0.15, 0.2) is 0 Å². The Bertz CT molecular complexity index is 638. The first kappa shape index (κ1) is 11.0. The van der Waals surface area contributed by atoms with Crippen molar-refractivity contribution >= 4 is 10.8 Å². The van der Waals surface area contributed by atoms with Crippen molar-refractivity contribution in [2.75, 3.05) is 0 Å². The molecule has 90 valence electrons. The van der Waals surface area contributed by atoms with Gasteiger partial charge in [0.05, 0.1) is 6.04 Å². The fourth-order valence-electron chi connectivity index (χ4n) is 2.28. The largest absolute Gasteiger partial charge is 0.347 e. The van der Waals surface area contributed by atoms with E-state index in [4.69, 9.17) is 5.73 Å². The maximum atomic E-state index is 6.17. The molecule has 1 atom stereocenters. The maximum Gasteiger partial charge on any atom is 0.123 e. The van der Waals surface area contributed by atoms with Gasteiger partial charge in [0, 0.05) is 12.4 Å². The zero-order valence-electron chi connectivity index (χ0n) is 10.0. The van der Waals surface area contributed by atoms with Crippen molar-refractivity contribution in [3.8, 4) is 0 Å². The molecule has 3 aromatic rings. The number of benzene rings is 2. The molecule has 18 heavy (non-hydrogen) atoms. The lowest BCUT2D eigenvalue weighted by molar-refractivity contribution is 0.680. The van der Waals surface area contributed by atoms with Crippen molar-refractivity contribution in [3.05, 3.63) is 66.2 Å². The number of nitrogens with one attached hydrogen (secondary N) is 1. The van der Waals surface area contributed by atoms with Gasteiger partial charge in [-0.25, -0.2) is 4.98 Å². The Morgan fingerprint density at radius 1 is 1.11 bits per heavy atom. The maximum absolute atomic E-state index is 6.17. The molecule has 3 N–H and O–H groups in total. The highest BCUT2D eigenvalue weighted by atomic mass is 14.9. The van der Waals surface area contributed by atoms with Crippen molar-refractivity contribution in [3.63, 3.8) is 0 Å². The minimum atomic E-state index is -0.0918. The summed E-state index contributed by atoms with van der Waals surface area (Å²) in [4.78, 5) is 7.28. The van der Waals surface area contributed by atoms with Crippen LogP contribution in [0.5, 0.6) is 0 Å². The molecular formula is C15H15N3. The summed E-state index contributed by atoms with van der Waals surface area (Å²) in [6, 6.07) is 14.6. The van der Waals surface area contributed by atoms with E-state index < -0.39 is 0 Å². The van der Waals surface area contributed by atoms with Crippen molar-refractivity contribution in [2.45, 2.75) is 12.5 Å². The second kappa shape index (κ2) is 4.63. The Hall–Kier alpha value is -2.13. The molecule has 1 aromatic heterocycles. The normalized spacial score (nSPS) is 12.7. The fraction of sp³-hybridized carbons (Fsp3) is 0.133. The number of nitrogens with zero attached hydrogens (tertiary/aromatic N) is 1. The van der Waals surface area contributed by atoms with Gasteiger partial charge in [0.25, 0.3) is 0 Å². The standard InChI is InChI=1S/C15H15N3/c16-14(15-17-8-9-18-15)10-12-6-3-5-11-4-1-2-7-13(11)12/h1-9,14H,10,16H2,(H,17,18). The Labute approximate surface area is 106 Å². The average molecular weight is 237 g/mol. The lowest BCUT2D eigenvalue weighted by Crippen LogP contribution is -2.15. The summed E-state index contributed by atoms with van der Waals surface area (Å²) < 4.78 is 0. The molecule has 0 saturated carbocycles. The highest BCUT2D eigenvalue weighted by Gasteiger charge is 2.10. The Morgan fingerprint density at radius 2 is 1.94 bits per heavy atom. The lowest BCUT2D eigenvalue weighted by atomic mass is 9.99. The van der Waals surface area contributed by atoms with Gasteiger partial charge in [0.1, 0.15) is 5.82 Å². The van der Waals surface area contributed by atoms with Crippen LogP contribution in [0.15, 0.2) is 54.9 Å². The molecule has 3 nitrogen and oxygen atoms in total. The molecule has 3 rings (SSSR count). The van der Waals surface area contributed by atoms with Crippen LogP contribution < -0.4 is 5.73 Å². The number of rotatable bonds is 3. The van der Waals surface area contributed by atoms with Gasteiger partial charge >= 0.3 is 0 Å². The zero-order chi connectivity index (χ0) is 12.4. The van der Waals surface area contributed by atoms with E-state index in [1.807, 2.05) is 0 Å². The number of aromatic nitrogens is 2. The summed E-state index contributed by atoms with van der Waals surface area (Å²) in [7, 11) is 0. The Morgan fingerprint density at radius 3 is 2.78 bits per heavy atom. The monoisotopic (exact) mass is 237 g/mol. The van der Waals surface area contributed by atoms with Crippen LogP contribution in [0.3, 0.4) is 0 Å². The van der Waals surface area contributed by atoms with Crippen LogP contribution in [0.4, 0.5) is 0 Å². The second-order valence-electron chi connectivity index (χ2n) is 4.42. The molecule has 0 bridgehead atoms. The lowest BCUT2D eigenvalue weighted by Gasteiger charge is -2.11. The third-order valence-corrected chi connectivity index (χ3v) is 3.19. The van der Waals surface area contributed by atoms with E-state index >= 15 is 0 Å². The third kappa shape index (κ3) is 2.00. The van der Waals surface area contributed by atoms with Gasteiger partial charge in [-0.1, -0.05) is 42.5 Å². The molecule has 0 amide bonds. The van der Waals surface area contributed by atoms with Crippen LogP contribution in [0.1, 0.15) is 17.4 Å². The molecule has 1 unspecified atom stereocenters. The van der Waals surface area contributed by atoms with Gasteiger partial charge in [-0.15, -0.1) is 0 Å². The molecule has 0 spiro atoms. The van der Waals surface area contributed by atoms with E-state index in [2.05, 4.69) is 52.4 Å². The van der Waals surface area contributed by atoms with Crippen molar-refractivity contribution < 1.29 is 0 Å². The summed E-state index contributed by atoms with van der Waals surface area (Å²) in [5.74, 6) is 0.836. The summed E-state index contributed by atoms with van der Waals surface area (Å²) >= 11 is 0. The number of imidazole rings is 1. The summed E-state index contributed by atoms with van der Waals surface area (Å²) in [6.07, 6.45) is 4.32. The van der Waals surface area contributed by atoms with E-state index in [-0.39, 0.29) is 6.04 Å². The van der Waals surface area contributed by atoms with Gasteiger partial charge in [-0.05, 0) is 22.8 Å². The summed E-state index contributed by atoms with van der Waals surface area (Å²) in [5, 5.41) is 2.52. The number of hydrogen-bond donors (Lipinski definition) is 2. The highest BCUT2D eigenvalue weighted by Crippen LogP contribution is 2.22. The molecule has 1 heterocycles. The van der Waals surface area contributed by atoms with Crippen LogP contribution >= 0.6 is 0 Å². The number of nitrogens with two attached hydrogens (primary N) is 1. The van der Waals surface area contributed by atoms with Gasteiger partial charge in [0.2, 0.25) is 0 Å². The number of hydrogen-bond acceptors (Lipinski definition) is 2. The fourth-order valence-corrected chi connectivity index (χ4v) is 2.28. The molecule has 0 aliphatic heterocycles. The number of fused-ring (bicyclic) bond motifs is 1. The molecule has 0 aliphatic carbocycles. The molecule has 2 aromatic carbocycles. The quantitative estimate of drug-likeness (QED) is 0.736. The van der Waals surface area contributed by atoms with Crippen LogP contribution in [-0.2, 0) is 6.42 Å². The predicted molar refractivity (Wildman–Crippen MR) is 73.2 cm³/mol. The first-order chi connectivity index (χ1) is 8.84. The van der Waals surface area contributed by atoms with Crippen LogP contribution in [0, 0.1) is 0 Å². The SMILES string of the molecule is NC(Cc1cccc2ccccc12)c1ncc[nH]1. The van der Waals surface area contributed by atoms with E-state index in [0.717, 1.165) is 12.2 Å². The number of aromatic amines is 1. The van der Waals surface area contributed by atoms with Gasteiger partial charge in [-0.2, -0.15) is 0 Å². The highest BCUT2D eigenvalue weighted by molar-refractivity contribution is 5.85.